The third-order valence-electron chi connectivity index (χ3n) is 4.09. The van der Waals surface area contributed by atoms with Crippen LogP contribution in [0.25, 0.3) is 0 Å². The number of fused-ring (bicyclic) bond motifs is 1. The van der Waals surface area contributed by atoms with Crippen molar-refractivity contribution in [3.63, 3.8) is 0 Å². The summed E-state index contributed by atoms with van der Waals surface area (Å²) in [6.45, 7) is 1.19. The highest BCUT2D eigenvalue weighted by atomic mass is 16.2. The Labute approximate surface area is 145 Å². The van der Waals surface area contributed by atoms with Crippen molar-refractivity contribution in [2.24, 2.45) is 0 Å². The normalized spacial score (nSPS) is 12.8. The lowest BCUT2D eigenvalue weighted by Crippen LogP contribution is -2.35. The van der Waals surface area contributed by atoms with Crippen molar-refractivity contribution in [2.45, 2.75) is 38.8 Å². The summed E-state index contributed by atoms with van der Waals surface area (Å²) in [6.07, 6.45) is 5.48. The summed E-state index contributed by atoms with van der Waals surface area (Å²) >= 11 is 0. The maximum absolute atomic E-state index is 11.9. The van der Waals surface area contributed by atoms with Gasteiger partial charge in [0.15, 0.2) is 0 Å². The van der Waals surface area contributed by atoms with Gasteiger partial charge in [0.2, 0.25) is 0 Å². The molecule has 0 bridgehead atoms. The molecule has 0 unspecified atom stereocenters. The Morgan fingerprint density at radius 1 is 1.20 bits per heavy atom. The predicted octanol–water partition coefficient (Wildman–Crippen LogP) is 1.54. The molecule has 1 aliphatic rings. The van der Waals surface area contributed by atoms with Crippen molar-refractivity contribution in [3.8, 4) is 6.07 Å². The SMILES string of the molecule is N#CCc1ccc(NC(=O)C(=O)NCc2cn3c(n2)CCCC3)cc1. The van der Waals surface area contributed by atoms with E-state index in [0.717, 1.165) is 42.9 Å². The number of aromatic nitrogens is 2. The fraction of sp³-hybridized carbons (Fsp3) is 0.333. The Kier molecular flexibility index (Phi) is 5.09. The fourth-order valence-electron chi connectivity index (χ4n) is 2.79. The van der Waals surface area contributed by atoms with Gasteiger partial charge < -0.3 is 15.2 Å². The topological polar surface area (TPSA) is 99.8 Å². The average Bonchev–Trinajstić information content (AvgIpc) is 3.04. The number of anilines is 1. The van der Waals surface area contributed by atoms with Crippen LogP contribution in [0, 0.1) is 11.3 Å². The van der Waals surface area contributed by atoms with Gasteiger partial charge in [0.25, 0.3) is 0 Å². The summed E-state index contributed by atoms with van der Waals surface area (Å²) in [7, 11) is 0. The Balaban J connectivity index is 1.51. The van der Waals surface area contributed by atoms with Gasteiger partial charge in [0, 0.05) is 24.8 Å². The quantitative estimate of drug-likeness (QED) is 0.827. The third kappa shape index (κ3) is 4.23. The first-order valence-electron chi connectivity index (χ1n) is 8.25. The Hall–Kier alpha value is -3.14. The largest absolute Gasteiger partial charge is 0.342 e. The van der Waals surface area contributed by atoms with Crippen LogP contribution in [0.4, 0.5) is 5.69 Å². The van der Waals surface area contributed by atoms with Crippen molar-refractivity contribution < 1.29 is 9.59 Å². The number of benzene rings is 1. The lowest BCUT2D eigenvalue weighted by atomic mass is 10.1. The highest BCUT2D eigenvalue weighted by Gasteiger charge is 2.16. The molecular weight excluding hydrogens is 318 g/mol. The van der Waals surface area contributed by atoms with Crippen LogP contribution < -0.4 is 10.6 Å². The minimum absolute atomic E-state index is 0.230. The van der Waals surface area contributed by atoms with E-state index >= 15 is 0 Å². The number of nitrogens with zero attached hydrogens (tertiary/aromatic N) is 3. The number of aryl methyl sites for hydroxylation is 2. The van der Waals surface area contributed by atoms with Crippen LogP contribution in [0.1, 0.15) is 29.9 Å². The minimum atomic E-state index is -0.725. The molecule has 0 fully saturated rings. The van der Waals surface area contributed by atoms with Crippen LogP contribution >= 0.6 is 0 Å². The molecule has 0 atom stereocenters. The zero-order valence-corrected chi connectivity index (χ0v) is 13.8. The number of carbonyl (C=O) groups excluding carboxylic acids is 2. The molecule has 2 heterocycles. The van der Waals surface area contributed by atoms with Crippen LogP contribution in [-0.4, -0.2) is 21.4 Å². The van der Waals surface area contributed by atoms with E-state index in [4.69, 9.17) is 5.26 Å². The molecule has 0 spiro atoms. The first-order chi connectivity index (χ1) is 12.2. The average molecular weight is 337 g/mol. The summed E-state index contributed by atoms with van der Waals surface area (Å²) in [5.74, 6) is -0.388. The molecule has 2 N–H and O–H groups in total. The summed E-state index contributed by atoms with van der Waals surface area (Å²) in [5, 5.41) is 13.8. The van der Waals surface area contributed by atoms with Crippen molar-refractivity contribution in [2.75, 3.05) is 5.32 Å². The predicted molar refractivity (Wildman–Crippen MR) is 91.4 cm³/mol. The fourth-order valence-corrected chi connectivity index (χ4v) is 2.79. The summed E-state index contributed by atoms with van der Waals surface area (Å²) in [5.41, 5.74) is 2.13. The first kappa shape index (κ1) is 16.7. The van der Waals surface area contributed by atoms with Crippen LogP contribution in [0.3, 0.4) is 0 Å². The van der Waals surface area contributed by atoms with E-state index in [2.05, 4.69) is 26.3 Å². The molecule has 0 saturated heterocycles. The van der Waals surface area contributed by atoms with Crippen LogP contribution in [0.5, 0.6) is 0 Å². The first-order valence-corrected chi connectivity index (χ1v) is 8.25. The molecule has 0 radical (unpaired) electrons. The molecule has 2 aromatic rings. The molecule has 0 saturated carbocycles. The van der Waals surface area contributed by atoms with E-state index in [1.807, 2.05) is 6.20 Å². The molecule has 0 aliphatic carbocycles. The van der Waals surface area contributed by atoms with Crippen molar-refractivity contribution in [1.29, 1.82) is 5.26 Å². The maximum Gasteiger partial charge on any atom is 0.313 e. The molecular formula is C18H19N5O2. The third-order valence-corrected chi connectivity index (χ3v) is 4.09. The number of nitrogens with one attached hydrogen (secondary N) is 2. The van der Waals surface area contributed by atoms with Gasteiger partial charge in [-0.2, -0.15) is 5.26 Å². The van der Waals surface area contributed by atoms with E-state index < -0.39 is 11.8 Å². The van der Waals surface area contributed by atoms with E-state index in [1.165, 1.54) is 0 Å². The maximum atomic E-state index is 11.9. The van der Waals surface area contributed by atoms with Gasteiger partial charge in [-0.05, 0) is 30.5 Å². The van der Waals surface area contributed by atoms with E-state index in [1.54, 1.807) is 24.3 Å². The second kappa shape index (κ2) is 7.62. The molecule has 1 aromatic heterocycles. The number of hydrogen-bond donors (Lipinski definition) is 2. The van der Waals surface area contributed by atoms with Gasteiger partial charge in [0.1, 0.15) is 5.82 Å². The van der Waals surface area contributed by atoms with Gasteiger partial charge in [-0.15, -0.1) is 0 Å². The molecule has 2 amide bonds. The molecule has 25 heavy (non-hydrogen) atoms. The Bertz CT molecular complexity index is 793. The van der Waals surface area contributed by atoms with Gasteiger partial charge in [-0.25, -0.2) is 4.98 Å². The number of hydrogen-bond acceptors (Lipinski definition) is 4. The van der Waals surface area contributed by atoms with Crippen molar-refractivity contribution in [3.05, 3.63) is 47.5 Å². The second-order valence-electron chi connectivity index (χ2n) is 5.97. The van der Waals surface area contributed by atoms with E-state index in [9.17, 15) is 9.59 Å². The van der Waals surface area contributed by atoms with Crippen molar-refractivity contribution >= 4 is 17.5 Å². The molecule has 7 nitrogen and oxygen atoms in total. The molecule has 128 valence electrons. The highest BCUT2D eigenvalue weighted by Crippen LogP contribution is 2.14. The lowest BCUT2D eigenvalue weighted by Gasteiger charge is -2.11. The van der Waals surface area contributed by atoms with E-state index in [-0.39, 0.29) is 6.54 Å². The number of amides is 2. The van der Waals surface area contributed by atoms with Gasteiger partial charge >= 0.3 is 11.8 Å². The Morgan fingerprint density at radius 3 is 2.72 bits per heavy atom. The van der Waals surface area contributed by atoms with Gasteiger partial charge in [-0.3, -0.25) is 9.59 Å². The number of carbonyl (C=O) groups is 2. The van der Waals surface area contributed by atoms with Gasteiger partial charge in [0.05, 0.1) is 24.7 Å². The minimum Gasteiger partial charge on any atom is -0.342 e. The molecule has 3 rings (SSSR count). The molecule has 7 heteroatoms. The van der Waals surface area contributed by atoms with Crippen molar-refractivity contribution in [1.82, 2.24) is 14.9 Å². The summed E-state index contributed by atoms with van der Waals surface area (Å²) in [6, 6.07) is 8.87. The van der Waals surface area contributed by atoms with Crippen LogP contribution in [-0.2, 0) is 35.5 Å². The smallest absolute Gasteiger partial charge is 0.313 e. The number of imidazole rings is 1. The number of rotatable bonds is 4. The monoisotopic (exact) mass is 337 g/mol. The van der Waals surface area contributed by atoms with Crippen LogP contribution in [0.15, 0.2) is 30.5 Å². The standard InChI is InChI=1S/C18H19N5O2/c19-9-8-13-4-6-14(7-5-13)22-18(25)17(24)20-11-15-12-23-10-2-1-3-16(23)21-15/h4-7,12H,1-3,8,10-11H2,(H,20,24)(H,22,25). The zero-order valence-electron chi connectivity index (χ0n) is 13.8. The van der Waals surface area contributed by atoms with Crippen LogP contribution in [0.2, 0.25) is 0 Å². The zero-order chi connectivity index (χ0) is 17.6. The highest BCUT2D eigenvalue weighted by molar-refractivity contribution is 6.39. The summed E-state index contributed by atoms with van der Waals surface area (Å²) < 4.78 is 2.11. The number of nitriles is 1. The molecule has 1 aromatic carbocycles. The summed E-state index contributed by atoms with van der Waals surface area (Å²) in [4.78, 5) is 28.4. The van der Waals surface area contributed by atoms with Gasteiger partial charge in [-0.1, -0.05) is 12.1 Å². The second-order valence-corrected chi connectivity index (χ2v) is 5.97. The Morgan fingerprint density at radius 2 is 2.00 bits per heavy atom. The molecule has 1 aliphatic heterocycles. The van der Waals surface area contributed by atoms with E-state index in [0.29, 0.717) is 12.1 Å². The lowest BCUT2D eigenvalue weighted by molar-refractivity contribution is -0.136.